The number of imidazole rings is 1. The van der Waals surface area contributed by atoms with Crippen molar-refractivity contribution in [3.63, 3.8) is 0 Å². The first-order valence-corrected chi connectivity index (χ1v) is 35.5. The SMILES string of the molecule is CC(=O)c1cc2ccccc2[nH]1.CC(=O)c1ccc2n[nH]nc2c1.CC(=O)c1ccc2nc[nH]c2c1.CC(=O)c1ccccc1.CC(=O)c1ccccn1.CC(=O)c1cccnc1.CC(=O)c1cccnn1.CC(=O)c1ccncc1.CC(=O)c1cnc2ccccc2c1.CC(=O)c1cnccn1.CC(=O)c1cnnc2ccccc12. The second kappa shape index (κ2) is 47.5. The number of ketones is 11. The van der Waals surface area contributed by atoms with Crippen LogP contribution >= 0.6 is 0 Å². The maximum Gasteiger partial charge on any atom is 0.180 e. The number of hydrogen-bond donors (Lipinski definition) is 3. The summed E-state index contributed by atoms with van der Waals surface area (Å²) in [7, 11) is 0. The van der Waals surface area contributed by atoms with Gasteiger partial charge in [-0.1, -0.05) is 91.0 Å². The molecule has 0 aliphatic heterocycles. The molecule has 0 saturated carbocycles. The number of rotatable bonds is 11. The number of benzene rings is 6. The van der Waals surface area contributed by atoms with Crippen LogP contribution in [0.4, 0.5) is 0 Å². The van der Waals surface area contributed by atoms with Crippen molar-refractivity contribution >= 4 is 118 Å². The van der Waals surface area contributed by atoms with Crippen molar-refractivity contribution in [3.8, 4) is 0 Å². The maximum atomic E-state index is 11.2. The summed E-state index contributed by atoms with van der Waals surface area (Å²) in [5, 5.41) is 28.0. The first-order valence-electron chi connectivity index (χ1n) is 35.5. The van der Waals surface area contributed by atoms with E-state index >= 15 is 0 Å². The molecule has 3 N–H and O–H groups in total. The van der Waals surface area contributed by atoms with Crippen LogP contribution in [0.3, 0.4) is 0 Å². The summed E-state index contributed by atoms with van der Waals surface area (Å²) in [5.41, 5.74) is 12.9. The van der Waals surface area contributed by atoms with Crippen molar-refractivity contribution in [2.24, 2.45) is 0 Å². The fourth-order valence-electron chi connectivity index (χ4n) is 9.40. The lowest BCUT2D eigenvalue weighted by Crippen LogP contribution is -1.96. The highest BCUT2D eigenvalue weighted by molar-refractivity contribution is 6.06. The third-order valence-corrected chi connectivity index (χ3v) is 15.6. The molecule has 0 saturated heterocycles. The summed E-state index contributed by atoms with van der Waals surface area (Å²) in [4.78, 5) is 152. The van der Waals surface area contributed by atoms with E-state index in [2.05, 4.69) is 80.7 Å². The Morgan fingerprint density at radius 3 is 1.35 bits per heavy atom. The lowest BCUT2D eigenvalue weighted by Gasteiger charge is -1.99. The molecule has 0 spiro atoms. The van der Waals surface area contributed by atoms with Crippen LogP contribution in [0.1, 0.15) is 191 Å². The molecule has 27 nitrogen and oxygen atoms in total. The number of fused-ring (bicyclic) bond motifs is 5. The second-order valence-electron chi connectivity index (χ2n) is 24.5. The molecule has 0 radical (unpaired) electrons. The van der Waals surface area contributed by atoms with Gasteiger partial charge in [-0.05, 0) is 164 Å². The average Bonchev–Trinajstić information content (AvgIpc) is 1.66. The van der Waals surface area contributed by atoms with E-state index in [1.807, 2.05) is 127 Å². The summed E-state index contributed by atoms with van der Waals surface area (Å²) in [6.07, 6.45) is 18.8. The molecule has 16 aromatic rings. The lowest BCUT2D eigenvalue weighted by molar-refractivity contribution is 0.0999. The van der Waals surface area contributed by atoms with E-state index in [-0.39, 0.29) is 63.6 Å². The molecule has 116 heavy (non-hydrogen) atoms. The minimum absolute atomic E-state index is 0.00981. The van der Waals surface area contributed by atoms with Gasteiger partial charge in [-0.15, -0.1) is 5.10 Å². The maximum absolute atomic E-state index is 11.2. The molecule has 0 unspecified atom stereocenters. The number of nitrogens with one attached hydrogen (secondary N) is 3. The van der Waals surface area contributed by atoms with Crippen molar-refractivity contribution < 1.29 is 52.7 Å². The number of aromatic nitrogens is 16. The minimum atomic E-state index is -0.0527. The third-order valence-electron chi connectivity index (χ3n) is 15.6. The van der Waals surface area contributed by atoms with Gasteiger partial charge in [0.15, 0.2) is 63.6 Å². The first-order chi connectivity index (χ1) is 55.7. The van der Waals surface area contributed by atoms with Gasteiger partial charge in [0, 0.05) is 144 Å². The highest BCUT2D eigenvalue weighted by Crippen LogP contribution is 2.18. The normalized spacial score (nSPS) is 9.72. The predicted octanol–water partition coefficient (Wildman–Crippen LogP) is 16.7. The summed E-state index contributed by atoms with van der Waals surface area (Å²) in [6.45, 7) is 16.8. The van der Waals surface area contributed by atoms with Crippen LogP contribution in [0.5, 0.6) is 0 Å². The van der Waals surface area contributed by atoms with Crippen molar-refractivity contribution in [2.75, 3.05) is 0 Å². The van der Waals surface area contributed by atoms with E-state index in [1.165, 1.54) is 79.5 Å². The predicted molar refractivity (Wildman–Crippen MR) is 443 cm³/mol. The van der Waals surface area contributed by atoms with E-state index in [9.17, 15) is 52.7 Å². The van der Waals surface area contributed by atoms with Gasteiger partial charge in [0.2, 0.25) is 0 Å². The fourth-order valence-corrected chi connectivity index (χ4v) is 9.40. The Kier molecular flexibility index (Phi) is 36.6. The largest absolute Gasteiger partial charge is 0.352 e. The zero-order valence-electron chi connectivity index (χ0n) is 65.4. The molecule has 0 fully saturated rings. The zero-order chi connectivity index (χ0) is 84.3. The highest BCUT2D eigenvalue weighted by Gasteiger charge is 2.09. The smallest absolute Gasteiger partial charge is 0.180 e. The molecular weight excluding hydrogens is 1470 g/mol. The van der Waals surface area contributed by atoms with Gasteiger partial charge in [0.05, 0.1) is 46.5 Å². The summed E-state index contributed by atoms with van der Waals surface area (Å²) >= 11 is 0. The van der Waals surface area contributed by atoms with Crippen LogP contribution in [-0.2, 0) is 0 Å². The van der Waals surface area contributed by atoms with Crippen LogP contribution in [-0.4, -0.2) is 144 Å². The topological polar surface area (TPSA) is 403 Å². The van der Waals surface area contributed by atoms with Gasteiger partial charge >= 0.3 is 0 Å². The Labute approximate surface area is 667 Å². The number of aromatic amines is 3. The Hall–Kier alpha value is -15.5. The van der Waals surface area contributed by atoms with E-state index < -0.39 is 0 Å². The Bertz CT molecular complexity index is 5400. The molecular formula is C89H82N16O11. The average molecular weight is 1550 g/mol. The Morgan fingerprint density at radius 1 is 0.276 bits per heavy atom. The Balaban J connectivity index is 0.000000199. The quantitative estimate of drug-likeness (QED) is 0.101. The van der Waals surface area contributed by atoms with E-state index in [0.717, 1.165) is 60.3 Å². The number of hydrogen-bond acceptors (Lipinski definition) is 24. The molecule has 10 heterocycles. The highest BCUT2D eigenvalue weighted by atomic mass is 16.2. The van der Waals surface area contributed by atoms with Crippen LogP contribution in [0.15, 0.2) is 281 Å². The van der Waals surface area contributed by atoms with Gasteiger partial charge in [0.25, 0.3) is 0 Å². The minimum Gasteiger partial charge on any atom is -0.352 e. The van der Waals surface area contributed by atoms with Crippen LogP contribution in [0.2, 0.25) is 0 Å². The molecule has 10 aromatic heterocycles. The molecule has 16 rings (SSSR count). The number of nitrogens with zero attached hydrogens (tertiary/aromatic N) is 13. The molecule has 0 atom stereocenters. The standard InChI is InChI=1S/C11H9NO.C10H8N2O.C10H9NO.C9H8N2O.C8H7N3O.C8H8O.3C7H7NO.2C6H6N2O/c1-8(13)10-6-9-4-2-3-5-11(9)12-7-10;1-7(13)9-6-11-12-10-5-3-2-4-8(9)10;1-7(12)10-6-8-4-2-3-5-9(8)11-10;1-6(12)7-2-3-8-9(4-7)11-5-10-8;1-5(12)6-2-3-7-8(4-6)10-11-9-7;1-7(9)8-5-3-2-4-6-8;1-6(9)7-2-4-8-5-3-7;1-6(9)7-3-2-4-8-5-7;1-6(9)7-4-2-3-5-8-7;1-5(9)6-4-7-2-3-8-6;1-5(9)6-3-2-4-7-8-6/h2-7H,1H3;2-6H,1H3;2-6,11H,1H3;2-5H,1H3,(H,10,11);2-4H,1H3,(H,9,10,11);2-6H,1H3;3*2-5H,1H3;2*2-4H,1H3. The van der Waals surface area contributed by atoms with Crippen molar-refractivity contribution in [3.05, 3.63) is 342 Å². The molecule has 0 aliphatic rings. The van der Waals surface area contributed by atoms with Gasteiger partial charge < -0.3 is 9.97 Å². The molecule has 6 aromatic carbocycles. The lowest BCUT2D eigenvalue weighted by atomic mass is 10.1. The number of para-hydroxylation sites is 2. The van der Waals surface area contributed by atoms with E-state index in [0.29, 0.717) is 56.2 Å². The number of Topliss-reactive ketones (excluding diaryl/α,β-unsaturated/α-hetero) is 11. The molecule has 0 amide bonds. The number of pyridine rings is 4. The Morgan fingerprint density at radius 2 is 0.828 bits per heavy atom. The van der Waals surface area contributed by atoms with Crippen molar-refractivity contribution in [1.29, 1.82) is 0 Å². The number of carbonyl (C=O) groups is 11. The monoisotopic (exact) mass is 1550 g/mol. The third kappa shape index (κ3) is 30.7. The molecule has 0 aliphatic carbocycles. The summed E-state index contributed by atoms with van der Waals surface area (Å²) < 4.78 is 0. The van der Waals surface area contributed by atoms with E-state index in [4.69, 9.17) is 0 Å². The number of carbonyl (C=O) groups excluding carboxylic acids is 11. The molecule has 0 bridgehead atoms. The van der Waals surface area contributed by atoms with Crippen molar-refractivity contribution in [1.82, 2.24) is 80.7 Å². The van der Waals surface area contributed by atoms with Gasteiger partial charge in [0.1, 0.15) is 28.1 Å². The summed E-state index contributed by atoms with van der Waals surface area (Å²) in [6, 6.07) is 62.2. The zero-order valence-corrected chi connectivity index (χ0v) is 65.4. The summed E-state index contributed by atoms with van der Waals surface area (Å²) in [5.74, 6) is 0.430. The fraction of sp³-hybridized carbons (Fsp3) is 0.124. The van der Waals surface area contributed by atoms with E-state index in [1.54, 1.807) is 150 Å². The molecule has 27 heteroatoms. The van der Waals surface area contributed by atoms with Crippen LogP contribution < -0.4 is 0 Å². The van der Waals surface area contributed by atoms with Gasteiger partial charge in [-0.2, -0.15) is 30.7 Å². The van der Waals surface area contributed by atoms with Crippen LogP contribution in [0, 0.1) is 0 Å². The van der Waals surface area contributed by atoms with Crippen LogP contribution in [0.25, 0.3) is 54.8 Å². The first kappa shape index (κ1) is 89.4. The number of H-pyrrole nitrogens is 3. The second-order valence-corrected chi connectivity index (χ2v) is 24.5. The van der Waals surface area contributed by atoms with Crippen molar-refractivity contribution in [2.45, 2.75) is 76.2 Å². The molecule has 584 valence electrons. The van der Waals surface area contributed by atoms with Gasteiger partial charge in [-0.3, -0.25) is 77.7 Å². The van der Waals surface area contributed by atoms with Gasteiger partial charge in [-0.25, -0.2) is 9.97 Å².